The third kappa shape index (κ3) is 5.99. The largest absolute Gasteiger partial charge is 0.326 e. The van der Waals surface area contributed by atoms with E-state index >= 15 is 0 Å². The van der Waals surface area contributed by atoms with Gasteiger partial charge in [-0.1, -0.05) is 54.6 Å². The molecule has 1 aliphatic carbocycles. The molecule has 2 aliphatic heterocycles. The zero-order valence-corrected chi connectivity index (χ0v) is 20.1. The van der Waals surface area contributed by atoms with Crippen LogP contribution in [-0.2, 0) is 0 Å². The van der Waals surface area contributed by atoms with Gasteiger partial charge in [0.05, 0.1) is 6.04 Å². The number of rotatable bonds is 5. The molecule has 3 aliphatic rings. The van der Waals surface area contributed by atoms with Crippen LogP contribution < -0.4 is 16.4 Å². The molecular weight excluding hydrogens is 454 g/mol. The summed E-state index contributed by atoms with van der Waals surface area (Å²) in [6, 6.07) is 8.92. The van der Waals surface area contributed by atoms with Gasteiger partial charge in [0.2, 0.25) is 11.9 Å². The van der Waals surface area contributed by atoms with E-state index in [0.717, 1.165) is 42.1 Å². The second-order valence-corrected chi connectivity index (χ2v) is 9.74. The van der Waals surface area contributed by atoms with Crippen LogP contribution in [0.4, 0.5) is 5.69 Å². The predicted octanol–water partition coefficient (Wildman–Crippen LogP) is 3.93. The summed E-state index contributed by atoms with van der Waals surface area (Å²) >= 11 is 3.53. The van der Waals surface area contributed by atoms with E-state index in [1.807, 2.05) is 24.3 Å². The van der Waals surface area contributed by atoms with Crippen LogP contribution in [0.3, 0.4) is 0 Å². The number of likely N-dealkylation sites (tertiary alicyclic amines) is 1. The normalized spacial score (nSPS) is 27.1. The fourth-order valence-corrected chi connectivity index (χ4v) is 5.31. The van der Waals surface area contributed by atoms with Crippen molar-refractivity contribution in [2.45, 2.75) is 76.7 Å². The molecule has 8 heteroatoms. The lowest BCUT2D eigenvalue weighted by Gasteiger charge is -2.38. The van der Waals surface area contributed by atoms with Crippen molar-refractivity contribution in [2.24, 2.45) is 15.7 Å². The minimum Gasteiger partial charge on any atom is -0.326 e. The molecule has 0 amide bonds. The Morgan fingerprint density at radius 3 is 2.74 bits per heavy atom. The van der Waals surface area contributed by atoms with E-state index in [1.54, 1.807) is 0 Å². The molecule has 4 rings (SSSR count). The molecule has 1 aromatic carbocycles. The summed E-state index contributed by atoms with van der Waals surface area (Å²) in [5.74, 6) is 1.53. The summed E-state index contributed by atoms with van der Waals surface area (Å²) in [4.78, 5) is 14.6. The van der Waals surface area contributed by atoms with Crippen LogP contribution in [0.2, 0.25) is 0 Å². The Hall–Kier alpha value is -1.64. The van der Waals surface area contributed by atoms with Crippen LogP contribution in [0.1, 0.15) is 58.3 Å². The van der Waals surface area contributed by atoms with Crippen molar-refractivity contribution in [1.29, 1.82) is 0 Å². The van der Waals surface area contributed by atoms with Gasteiger partial charge in [0.1, 0.15) is 0 Å². The molecule has 0 aromatic heterocycles. The first kappa shape index (κ1) is 22.6. The van der Waals surface area contributed by atoms with Crippen molar-refractivity contribution in [3.8, 4) is 0 Å². The first-order valence-electron chi connectivity index (χ1n) is 11.8. The minimum atomic E-state index is -0.445. The molecule has 0 radical (unpaired) electrons. The van der Waals surface area contributed by atoms with Gasteiger partial charge in [0.15, 0.2) is 6.29 Å². The van der Waals surface area contributed by atoms with E-state index in [4.69, 9.17) is 15.7 Å². The zero-order valence-electron chi connectivity index (χ0n) is 18.6. The molecular formula is C23H36BrN7. The number of aliphatic imine (C=N–C) groups is 2. The molecule has 170 valence electrons. The van der Waals surface area contributed by atoms with Gasteiger partial charge in [-0.2, -0.15) is 0 Å². The Labute approximate surface area is 194 Å². The van der Waals surface area contributed by atoms with Crippen LogP contribution in [-0.4, -0.2) is 59.7 Å². The third-order valence-electron chi connectivity index (χ3n) is 6.61. The Balaban J connectivity index is 1.55. The lowest BCUT2D eigenvalue weighted by atomic mass is 10.1. The average Bonchev–Trinajstić information content (AvgIpc) is 3.04. The number of hydrogen-bond donors (Lipinski definition) is 3. The predicted molar refractivity (Wildman–Crippen MR) is 132 cm³/mol. The maximum Gasteiger partial charge on any atom is 0.205 e. The Bertz CT molecular complexity index is 788. The number of guanidine groups is 2. The van der Waals surface area contributed by atoms with E-state index < -0.39 is 6.29 Å². The molecule has 2 heterocycles. The summed E-state index contributed by atoms with van der Waals surface area (Å²) in [6.07, 6.45) is 9.50. The van der Waals surface area contributed by atoms with E-state index in [1.165, 1.54) is 45.1 Å². The van der Waals surface area contributed by atoms with Crippen molar-refractivity contribution in [2.75, 3.05) is 25.0 Å². The SMILES string of the molecule is CCN1CCCC1CN1C(=NC2CCCCCC2)NC(Nc2cccc(Br)c2)=NC1N. The molecule has 31 heavy (non-hydrogen) atoms. The highest BCUT2D eigenvalue weighted by Gasteiger charge is 2.32. The number of likely N-dealkylation sites (N-methyl/N-ethyl adjacent to an activating group) is 1. The molecule has 2 atom stereocenters. The van der Waals surface area contributed by atoms with Crippen molar-refractivity contribution in [3.05, 3.63) is 28.7 Å². The number of hydrogen-bond acceptors (Lipinski definition) is 5. The number of nitrogens with zero attached hydrogens (tertiary/aromatic N) is 4. The highest BCUT2D eigenvalue weighted by Crippen LogP contribution is 2.23. The van der Waals surface area contributed by atoms with Gasteiger partial charge in [-0.3, -0.25) is 16.0 Å². The monoisotopic (exact) mass is 489 g/mol. The fourth-order valence-electron chi connectivity index (χ4n) is 4.91. The summed E-state index contributed by atoms with van der Waals surface area (Å²) in [6.45, 7) is 5.35. The molecule has 1 saturated carbocycles. The van der Waals surface area contributed by atoms with Gasteiger partial charge in [-0.15, -0.1) is 0 Å². The van der Waals surface area contributed by atoms with E-state index in [0.29, 0.717) is 18.0 Å². The first-order valence-corrected chi connectivity index (χ1v) is 12.6. The van der Waals surface area contributed by atoms with Crippen LogP contribution in [0.25, 0.3) is 0 Å². The minimum absolute atomic E-state index is 0.357. The Morgan fingerprint density at radius 2 is 2.00 bits per heavy atom. The van der Waals surface area contributed by atoms with Gasteiger partial charge in [-0.05, 0) is 57.0 Å². The second kappa shape index (κ2) is 10.8. The number of halogens is 1. The lowest BCUT2D eigenvalue weighted by molar-refractivity contribution is 0.195. The zero-order chi connectivity index (χ0) is 21.6. The van der Waals surface area contributed by atoms with Crippen LogP contribution in [0.15, 0.2) is 38.7 Å². The molecule has 2 fully saturated rings. The molecule has 1 aromatic rings. The first-order chi connectivity index (χ1) is 15.1. The average molecular weight is 490 g/mol. The van der Waals surface area contributed by atoms with Crippen molar-refractivity contribution < 1.29 is 0 Å². The quantitative estimate of drug-likeness (QED) is 0.545. The second-order valence-electron chi connectivity index (χ2n) is 8.83. The highest BCUT2D eigenvalue weighted by molar-refractivity contribution is 9.10. The Kier molecular flexibility index (Phi) is 7.85. The molecule has 4 N–H and O–H groups in total. The van der Waals surface area contributed by atoms with Crippen LogP contribution >= 0.6 is 15.9 Å². The summed E-state index contributed by atoms with van der Waals surface area (Å²) in [5, 5.41) is 6.85. The summed E-state index contributed by atoms with van der Waals surface area (Å²) < 4.78 is 1.02. The van der Waals surface area contributed by atoms with Gasteiger partial charge < -0.3 is 10.2 Å². The molecule has 0 spiro atoms. The molecule has 1 saturated heterocycles. The third-order valence-corrected chi connectivity index (χ3v) is 7.11. The Morgan fingerprint density at radius 1 is 1.19 bits per heavy atom. The highest BCUT2D eigenvalue weighted by atomic mass is 79.9. The summed E-state index contributed by atoms with van der Waals surface area (Å²) in [5.41, 5.74) is 7.56. The van der Waals surface area contributed by atoms with E-state index in [2.05, 4.69) is 43.3 Å². The van der Waals surface area contributed by atoms with E-state index in [-0.39, 0.29) is 0 Å². The maximum atomic E-state index is 6.59. The van der Waals surface area contributed by atoms with E-state index in [9.17, 15) is 0 Å². The fraction of sp³-hybridized carbons (Fsp3) is 0.652. The van der Waals surface area contributed by atoms with Crippen LogP contribution in [0.5, 0.6) is 0 Å². The number of nitrogens with two attached hydrogens (primary N) is 1. The molecule has 2 unspecified atom stereocenters. The van der Waals surface area contributed by atoms with Gasteiger partial charge in [-0.25, -0.2) is 9.98 Å². The number of nitrogens with one attached hydrogen (secondary N) is 2. The number of benzene rings is 1. The maximum absolute atomic E-state index is 6.59. The van der Waals surface area contributed by atoms with Crippen molar-refractivity contribution in [3.63, 3.8) is 0 Å². The lowest BCUT2D eigenvalue weighted by Crippen LogP contribution is -2.60. The molecule has 0 bridgehead atoms. The van der Waals surface area contributed by atoms with Crippen LogP contribution in [0, 0.1) is 0 Å². The smallest absolute Gasteiger partial charge is 0.205 e. The van der Waals surface area contributed by atoms with Gasteiger partial charge in [0.25, 0.3) is 0 Å². The molecule has 7 nitrogen and oxygen atoms in total. The van der Waals surface area contributed by atoms with Gasteiger partial charge in [0, 0.05) is 22.7 Å². The summed E-state index contributed by atoms with van der Waals surface area (Å²) in [7, 11) is 0. The van der Waals surface area contributed by atoms with Gasteiger partial charge >= 0.3 is 0 Å². The van der Waals surface area contributed by atoms with Crippen molar-refractivity contribution >= 4 is 33.5 Å². The number of anilines is 1. The standard InChI is InChI=1S/C23H36BrN7/c1-2-30-14-8-13-20(30)16-31-21(25)28-22(26-19-12-7-9-17(24)15-19)29-23(31)27-18-10-5-3-4-6-11-18/h7,9,12,15,18,20-21H,2-6,8,10-11,13-14,16,25H2,1H3,(H2,26,27,28,29). The van der Waals surface area contributed by atoms with Crippen molar-refractivity contribution in [1.82, 2.24) is 15.1 Å². The topological polar surface area (TPSA) is 81.3 Å².